The molecule has 2 aromatic carbocycles. The lowest BCUT2D eigenvalue weighted by Crippen LogP contribution is -2.47. The van der Waals surface area contributed by atoms with E-state index in [0.717, 1.165) is 25.2 Å². The Morgan fingerprint density at radius 1 is 1.10 bits per heavy atom. The smallest absolute Gasteiger partial charge is 0.316 e. The highest BCUT2D eigenvalue weighted by Crippen LogP contribution is 2.45. The van der Waals surface area contributed by atoms with Crippen molar-refractivity contribution in [1.29, 1.82) is 0 Å². The van der Waals surface area contributed by atoms with E-state index in [1.807, 2.05) is 11.0 Å². The Bertz CT molecular complexity index is 1780. The molecule has 2 aliphatic rings. The number of amides is 1. The van der Waals surface area contributed by atoms with Gasteiger partial charge in [0.05, 0.1) is 12.3 Å². The van der Waals surface area contributed by atoms with Gasteiger partial charge in [0.25, 0.3) is 5.56 Å². The van der Waals surface area contributed by atoms with Crippen LogP contribution in [0.3, 0.4) is 0 Å². The van der Waals surface area contributed by atoms with E-state index in [2.05, 4.69) is 42.1 Å². The number of aromatic nitrogens is 4. The number of halogens is 1. The molecule has 1 fully saturated rings. The number of thioether (sulfide) groups is 1. The number of rotatable bonds is 5. The Balaban J connectivity index is 1.30. The SMILES string of the molecule is Cc1ccc2c(c1)[C@H]1CN(C)CC[C@@H]1N2C(=O)CSc1nc2c(c(=O)n(Cc3ccccc3Cl)c(=O)n2C)n1C. The summed E-state index contributed by atoms with van der Waals surface area (Å²) < 4.78 is 4.23. The van der Waals surface area contributed by atoms with Gasteiger partial charge in [-0.3, -0.25) is 18.7 Å². The number of likely N-dealkylation sites (tertiary alicyclic amines) is 1. The standard InChI is InChI=1S/C29H31ClN6O3S/c1-17-9-10-22-19(13-17)20-15-32(2)12-11-23(20)36(22)24(37)16-40-28-31-26-25(33(28)3)27(38)35(29(39)34(26)4)14-18-7-5-6-8-21(18)30/h5-10,13,20,23H,11-12,14-16H2,1-4H3/t20-,23+/m1/s1. The van der Waals surface area contributed by atoms with Gasteiger partial charge in [-0.2, -0.15) is 0 Å². The van der Waals surface area contributed by atoms with E-state index in [-0.39, 0.29) is 24.2 Å². The number of benzene rings is 2. The second-order valence-corrected chi connectivity index (χ2v) is 12.1. The zero-order valence-electron chi connectivity index (χ0n) is 22.9. The summed E-state index contributed by atoms with van der Waals surface area (Å²) in [6, 6.07) is 13.6. The number of fused-ring (bicyclic) bond motifs is 4. The van der Waals surface area contributed by atoms with Crippen molar-refractivity contribution in [3.05, 3.63) is 85.0 Å². The van der Waals surface area contributed by atoms with Crippen LogP contribution in [0.5, 0.6) is 0 Å². The lowest BCUT2D eigenvalue weighted by molar-refractivity contribution is -0.116. The number of carbonyl (C=O) groups excluding carboxylic acids is 1. The first-order chi connectivity index (χ1) is 19.2. The van der Waals surface area contributed by atoms with Crippen molar-refractivity contribution < 1.29 is 4.79 Å². The maximum Gasteiger partial charge on any atom is 0.332 e. The number of anilines is 1. The van der Waals surface area contributed by atoms with Crippen LogP contribution in [0.25, 0.3) is 11.2 Å². The van der Waals surface area contributed by atoms with E-state index in [1.54, 1.807) is 36.9 Å². The molecule has 2 atom stereocenters. The molecule has 1 amide bonds. The second kappa shape index (κ2) is 10.2. The first-order valence-corrected chi connectivity index (χ1v) is 14.7. The molecule has 6 rings (SSSR count). The molecule has 0 bridgehead atoms. The molecule has 0 radical (unpaired) electrons. The van der Waals surface area contributed by atoms with Crippen molar-refractivity contribution in [3.63, 3.8) is 0 Å². The fourth-order valence-corrected chi connectivity index (χ4v) is 7.11. The summed E-state index contributed by atoms with van der Waals surface area (Å²) in [6.07, 6.45) is 0.921. The molecule has 4 heterocycles. The topological polar surface area (TPSA) is 85.4 Å². The minimum atomic E-state index is -0.472. The van der Waals surface area contributed by atoms with Crippen LogP contribution in [-0.4, -0.2) is 61.4 Å². The maximum atomic E-state index is 13.7. The number of hydrogen-bond acceptors (Lipinski definition) is 6. The van der Waals surface area contributed by atoms with Gasteiger partial charge in [-0.05, 0) is 50.2 Å². The third kappa shape index (κ3) is 4.38. The molecule has 9 nitrogen and oxygen atoms in total. The highest BCUT2D eigenvalue weighted by atomic mass is 35.5. The predicted molar refractivity (Wildman–Crippen MR) is 159 cm³/mol. The minimum Gasteiger partial charge on any atom is -0.316 e. The van der Waals surface area contributed by atoms with E-state index in [4.69, 9.17) is 11.6 Å². The quantitative estimate of drug-likeness (QED) is 0.338. The summed E-state index contributed by atoms with van der Waals surface area (Å²) in [7, 11) is 5.48. The molecule has 2 aromatic heterocycles. The lowest BCUT2D eigenvalue weighted by atomic mass is 9.89. The van der Waals surface area contributed by atoms with Gasteiger partial charge in [-0.25, -0.2) is 9.78 Å². The Hall–Kier alpha value is -3.34. The Morgan fingerprint density at radius 2 is 1.88 bits per heavy atom. The first-order valence-electron chi connectivity index (χ1n) is 13.3. The van der Waals surface area contributed by atoms with Crippen molar-refractivity contribution >= 4 is 46.1 Å². The maximum absolute atomic E-state index is 13.7. The summed E-state index contributed by atoms with van der Waals surface area (Å²) in [4.78, 5) is 49.3. The fourth-order valence-electron chi connectivity index (χ4n) is 6.09. The van der Waals surface area contributed by atoms with Gasteiger partial charge in [0.2, 0.25) is 5.91 Å². The van der Waals surface area contributed by atoms with Crippen LogP contribution >= 0.6 is 23.4 Å². The average Bonchev–Trinajstić information content (AvgIpc) is 3.43. The van der Waals surface area contributed by atoms with Crippen LogP contribution in [-0.2, 0) is 25.4 Å². The summed E-state index contributed by atoms with van der Waals surface area (Å²) in [5.74, 6) is 0.486. The zero-order chi connectivity index (χ0) is 28.3. The van der Waals surface area contributed by atoms with Crippen molar-refractivity contribution in [1.82, 2.24) is 23.6 Å². The number of piperidine rings is 1. The Kier molecular flexibility index (Phi) is 6.88. The molecule has 0 saturated carbocycles. The average molecular weight is 579 g/mol. The van der Waals surface area contributed by atoms with Crippen LogP contribution < -0.4 is 16.1 Å². The number of hydrogen-bond donors (Lipinski definition) is 0. The van der Waals surface area contributed by atoms with E-state index in [1.165, 1.54) is 32.0 Å². The van der Waals surface area contributed by atoms with Crippen molar-refractivity contribution in [2.45, 2.75) is 37.0 Å². The summed E-state index contributed by atoms with van der Waals surface area (Å²) in [5.41, 5.74) is 3.80. The molecule has 0 N–H and O–H groups in total. The molecule has 0 spiro atoms. The minimum absolute atomic E-state index is 0.0178. The molecule has 1 saturated heterocycles. The van der Waals surface area contributed by atoms with Gasteiger partial charge in [0.15, 0.2) is 16.3 Å². The molecule has 11 heteroatoms. The molecule has 0 aliphatic carbocycles. The van der Waals surface area contributed by atoms with E-state index < -0.39 is 11.2 Å². The van der Waals surface area contributed by atoms with E-state index in [9.17, 15) is 14.4 Å². The van der Waals surface area contributed by atoms with Crippen molar-refractivity contribution in [3.8, 4) is 0 Å². The Labute approximate surface area is 241 Å². The van der Waals surface area contributed by atoms with Crippen molar-refractivity contribution in [2.75, 3.05) is 30.8 Å². The van der Waals surface area contributed by atoms with Crippen molar-refractivity contribution in [2.24, 2.45) is 14.1 Å². The van der Waals surface area contributed by atoms with E-state index >= 15 is 0 Å². The molecular formula is C29H31ClN6O3S. The van der Waals surface area contributed by atoms with Crippen LogP contribution in [0, 0.1) is 6.92 Å². The second-order valence-electron chi connectivity index (χ2n) is 10.8. The molecular weight excluding hydrogens is 548 g/mol. The normalized spacial score (nSPS) is 18.8. The Morgan fingerprint density at radius 3 is 2.65 bits per heavy atom. The molecule has 40 heavy (non-hydrogen) atoms. The molecule has 4 aromatic rings. The van der Waals surface area contributed by atoms with Gasteiger partial charge in [0, 0.05) is 43.3 Å². The summed E-state index contributed by atoms with van der Waals surface area (Å²) in [5, 5.41) is 0.996. The number of imidazole rings is 1. The van der Waals surface area contributed by atoms with Gasteiger partial charge in [-0.1, -0.05) is 59.3 Å². The zero-order valence-corrected chi connectivity index (χ0v) is 24.5. The molecule has 208 valence electrons. The van der Waals surface area contributed by atoms with E-state index in [0.29, 0.717) is 32.8 Å². The number of carbonyl (C=O) groups is 1. The van der Waals surface area contributed by atoms with Gasteiger partial charge in [-0.15, -0.1) is 0 Å². The van der Waals surface area contributed by atoms with Gasteiger partial charge < -0.3 is 14.4 Å². The van der Waals surface area contributed by atoms with Gasteiger partial charge in [0.1, 0.15) is 0 Å². The first kappa shape index (κ1) is 26.9. The highest BCUT2D eigenvalue weighted by Gasteiger charge is 2.43. The summed E-state index contributed by atoms with van der Waals surface area (Å²) >= 11 is 7.59. The lowest BCUT2D eigenvalue weighted by Gasteiger charge is -2.36. The highest BCUT2D eigenvalue weighted by molar-refractivity contribution is 7.99. The summed E-state index contributed by atoms with van der Waals surface area (Å²) in [6.45, 7) is 4.02. The fraction of sp³-hybridized carbons (Fsp3) is 0.379. The molecule has 0 unspecified atom stereocenters. The number of nitrogens with zero attached hydrogens (tertiary/aromatic N) is 6. The molecule has 2 aliphatic heterocycles. The van der Waals surface area contributed by atoms with Gasteiger partial charge >= 0.3 is 5.69 Å². The van der Waals surface area contributed by atoms with Crippen LogP contribution in [0.1, 0.15) is 29.0 Å². The van der Waals surface area contributed by atoms with Crippen LogP contribution in [0.15, 0.2) is 57.2 Å². The van der Waals surface area contributed by atoms with Crippen LogP contribution in [0.2, 0.25) is 5.02 Å². The monoisotopic (exact) mass is 578 g/mol. The number of aryl methyl sites for hydroxylation is 3. The third-order valence-electron chi connectivity index (χ3n) is 8.15. The van der Waals surface area contributed by atoms with Crippen LogP contribution in [0.4, 0.5) is 5.69 Å². The largest absolute Gasteiger partial charge is 0.332 e. The third-order valence-corrected chi connectivity index (χ3v) is 9.54. The number of likely N-dealkylation sites (N-methyl/N-ethyl adjacent to an activating group) is 1. The predicted octanol–water partition coefficient (Wildman–Crippen LogP) is 3.37.